The molecule has 0 spiro atoms. The third kappa shape index (κ3) is 3.25. The third-order valence-corrected chi connectivity index (χ3v) is 8.40. The van der Waals surface area contributed by atoms with E-state index in [2.05, 4.69) is 15.0 Å². The number of nitro groups is 1. The zero-order valence-electron chi connectivity index (χ0n) is 15.6. The van der Waals surface area contributed by atoms with E-state index in [0.29, 0.717) is 5.56 Å². The van der Waals surface area contributed by atoms with Gasteiger partial charge in [0.2, 0.25) is 32.1 Å². The van der Waals surface area contributed by atoms with Crippen LogP contribution in [0.15, 0.2) is 43.0 Å². The van der Waals surface area contributed by atoms with Crippen LogP contribution in [0.3, 0.4) is 0 Å². The summed E-state index contributed by atoms with van der Waals surface area (Å²) in [6, 6.07) is 8.54. The summed E-state index contributed by atoms with van der Waals surface area (Å²) < 4.78 is 2.46. The Morgan fingerprint density at radius 3 is 2.61 bits per heavy atom. The van der Waals surface area contributed by atoms with Crippen molar-refractivity contribution in [2.24, 2.45) is 0 Å². The molecule has 3 heterocycles. The Bertz CT molecular complexity index is 1130. The first-order valence-electron chi connectivity index (χ1n) is 8.83. The first-order chi connectivity index (χ1) is 14.7. The Morgan fingerprint density at radius 1 is 1.26 bits per heavy atom. The molecule has 2 aromatic heterocycles. The number of hydrogen-bond acceptors (Lipinski definition) is 11. The number of nitrogens with zero attached hydrogens (tertiary/aromatic N) is 5. The van der Waals surface area contributed by atoms with Crippen molar-refractivity contribution < 1.29 is 29.5 Å². The van der Waals surface area contributed by atoms with Gasteiger partial charge in [-0.2, -0.15) is 4.98 Å². The van der Waals surface area contributed by atoms with E-state index in [4.69, 9.17) is 4.74 Å². The molecule has 1 aliphatic heterocycles. The smallest absolute Gasteiger partial charge is 0.247 e. The van der Waals surface area contributed by atoms with Gasteiger partial charge in [-0.15, -0.1) is 0 Å². The number of aliphatic hydroxyl groups excluding tert-OH is 1. The van der Waals surface area contributed by atoms with Crippen molar-refractivity contribution in [3.63, 3.8) is 0 Å². The molecule has 3 atom stereocenters. The zero-order chi connectivity index (χ0) is 22.4. The Labute approximate surface area is 192 Å². The van der Waals surface area contributed by atoms with E-state index in [0.717, 1.165) is 6.33 Å². The monoisotopic (exact) mass is 561 g/mol. The quantitative estimate of drug-likeness (QED) is 0.0826. The molecular formula is C17H16IN5O7S. The molecule has 0 unspecified atom stereocenters. The number of hydrogen-bond donors (Lipinski definition) is 4. The topological polar surface area (TPSA) is 177 Å². The maximum absolute atomic E-state index is 11.7. The molecule has 0 bridgehead atoms. The van der Waals surface area contributed by atoms with Crippen LogP contribution in [0.1, 0.15) is 5.56 Å². The first-order valence-corrected chi connectivity index (χ1v) is 10.7. The van der Waals surface area contributed by atoms with Gasteiger partial charge in [0.1, 0.15) is 23.1 Å². The number of aromatic hydroxyl groups is 1. The average Bonchev–Trinajstić information content (AvgIpc) is 3.23. The van der Waals surface area contributed by atoms with E-state index in [-0.39, 0.29) is 29.5 Å². The lowest BCUT2D eigenvalue weighted by Crippen LogP contribution is -2.62. The Morgan fingerprint density at radius 2 is 1.97 bits per heavy atom. The minimum Gasteiger partial charge on any atom is -0.492 e. The summed E-state index contributed by atoms with van der Waals surface area (Å²) >= 11 is 1.80. The van der Waals surface area contributed by atoms with Crippen molar-refractivity contribution in [1.82, 2.24) is 19.5 Å². The van der Waals surface area contributed by atoms with Gasteiger partial charge >= 0.3 is 0 Å². The van der Waals surface area contributed by atoms with Crippen LogP contribution in [0.5, 0.6) is 5.88 Å². The van der Waals surface area contributed by atoms with Crippen LogP contribution in [0, 0.1) is 10.1 Å². The van der Waals surface area contributed by atoms with Gasteiger partial charge in [0, 0.05) is 6.42 Å². The van der Waals surface area contributed by atoms with Crippen LogP contribution in [0.2, 0.25) is 0 Å². The molecule has 1 aliphatic rings. The molecule has 0 saturated carbocycles. The highest BCUT2D eigenvalue weighted by Gasteiger charge is 2.78. The lowest BCUT2D eigenvalue weighted by molar-refractivity contribution is -0.294. The molecular weight excluding hydrogens is 545 g/mol. The van der Waals surface area contributed by atoms with Crippen LogP contribution in [-0.2, 0) is 14.9 Å². The van der Waals surface area contributed by atoms with Crippen molar-refractivity contribution in [1.29, 1.82) is 0 Å². The second kappa shape index (κ2) is 7.79. The van der Waals surface area contributed by atoms with Crippen molar-refractivity contribution in [3.05, 3.63) is 58.7 Å². The van der Waals surface area contributed by atoms with Gasteiger partial charge in [0.15, 0.2) is 11.2 Å². The van der Waals surface area contributed by atoms with Gasteiger partial charge in [-0.05, 0) is 28.2 Å². The van der Waals surface area contributed by atoms with Gasteiger partial charge in [-0.3, -0.25) is 14.7 Å². The summed E-state index contributed by atoms with van der Waals surface area (Å²) in [5.74, 6) is -3.27. The fourth-order valence-electron chi connectivity index (χ4n) is 3.71. The molecule has 1 aromatic carbocycles. The second-order valence-electron chi connectivity index (χ2n) is 6.86. The molecule has 0 amide bonds. The number of aromatic nitrogens is 4. The van der Waals surface area contributed by atoms with E-state index in [1.165, 1.54) is 10.9 Å². The number of rotatable bonds is 6. The highest BCUT2D eigenvalue weighted by molar-refractivity contribution is 14.1. The minimum atomic E-state index is -2.85. The maximum atomic E-state index is 11.7. The number of halogens is 1. The molecule has 1 fully saturated rings. The fourth-order valence-corrected chi connectivity index (χ4v) is 6.26. The highest BCUT2D eigenvalue weighted by Crippen LogP contribution is 2.61. The van der Waals surface area contributed by atoms with Crippen LogP contribution in [0.4, 0.5) is 0 Å². The fraction of sp³-hybridized carbons (Fsp3) is 0.353. The lowest BCUT2D eigenvalue weighted by Gasteiger charge is -2.40. The van der Waals surface area contributed by atoms with Gasteiger partial charge in [0.05, 0.1) is 6.61 Å². The van der Waals surface area contributed by atoms with E-state index < -0.39 is 37.2 Å². The van der Waals surface area contributed by atoms with Crippen molar-refractivity contribution in [2.75, 3.05) is 6.61 Å². The molecule has 12 nitrogen and oxygen atoms in total. The van der Waals surface area contributed by atoms with Gasteiger partial charge < -0.3 is 25.2 Å². The van der Waals surface area contributed by atoms with Gasteiger partial charge in [-0.1, -0.05) is 30.3 Å². The molecule has 4 N–H and O–H groups in total. The molecule has 164 valence electrons. The van der Waals surface area contributed by atoms with E-state index in [9.17, 15) is 30.5 Å². The second-order valence-corrected chi connectivity index (χ2v) is 9.50. The predicted molar refractivity (Wildman–Crippen MR) is 116 cm³/mol. The average molecular weight is 561 g/mol. The highest BCUT2D eigenvalue weighted by atomic mass is 127. The number of aliphatic hydroxyl groups is 3. The number of imidazole rings is 1. The number of ether oxygens (including phenoxy) is 1. The standard InChI is InChI=1S/C17H16IN5O7S/c18-17(22-9-21-12-13(22)19-8-20-14(12)25)15(31-23(28)29,6-10-4-2-1-3-5-10)16(26,27)11(7-24)30-17/h1-5,8-9,11,24,26-27H,6-7H2,(H,19,20,25)/t11-,15-,17+/m1/s1. The van der Waals surface area contributed by atoms with E-state index >= 15 is 0 Å². The minimum absolute atomic E-state index is 0.00390. The summed E-state index contributed by atoms with van der Waals surface area (Å²) in [7, 11) is 0. The Kier molecular flexibility index (Phi) is 5.55. The molecule has 3 aromatic rings. The van der Waals surface area contributed by atoms with Gasteiger partial charge in [0.25, 0.3) is 0 Å². The number of fused-ring (bicyclic) bond motifs is 1. The summed E-state index contributed by atoms with van der Waals surface area (Å²) in [6.07, 6.45) is 0.469. The summed E-state index contributed by atoms with van der Waals surface area (Å²) in [6.45, 7) is -0.820. The Balaban J connectivity index is 2.00. The summed E-state index contributed by atoms with van der Waals surface area (Å²) in [5, 5.41) is 53.9. The van der Waals surface area contributed by atoms with Crippen LogP contribution in [-0.4, -0.2) is 67.5 Å². The van der Waals surface area contributed by atoms with Crippen molar-refractivity contribution in [3.8, 4) is 5.88 Å². The number of benzene rings is 1. The van der Waals surface area contributed by atoms with E-state index in [1.54, 1.807) is 52.9 Å². The van der Waals surface area contributed by atoms with E-state index in [1.807, 2.05) is 0 Å². The molecule has 1 saturated heterocycles. The molecule has 14 heteroatoms. The zero-order valence-corrected chi connectivity index (χ0v) is 18.5. The largest absolute Gasteiger partial charge is 0.492 e. The predicted octanol–water partition coefficient (Wildman–Crippen LogP) is 0.556. The summed E-state index contributed by atoms with van der Waals surface area (Å²) in [4.78, 5) is 23.5. The van der Waals surface area contributed by atoms with Crippen LogP contribution >= 0.6 is 34.5 Å². The maximum Gasteiger partial charge on any atom is 0.247 e. The Hall–Kier alpha value is -2.11. The SMILES string of the molecule is O=[N+]([O-])S[C@]1(Cc2ccccc2)C(O)(O)[C@@H](CO)O[C@@]1(I)n1cnc2c(O)ncnc21. The van der Waals surface area contributed by atoms with Gasteiger partial charge in [-0.25, -0.2) is 9.97 Å². The third-order valence-electron chi connectivity index (χ3n) is 5.16. The van der Waals surface area contributed by atoms with Crippen molar-refractivity contribution in [2.45, 2.75) is 26.8 Å². The summed E-state index contributed by atoms with van der Waals surface area (Å²) in [5.41, 5.74) is 0.614. The number of alkyl halides is 1. The molecule has 0 aliphatic carbocycles. The lowest BCUT2D eigenvalue weighted by atomic mass is 9.87. The van der Waals surface area contributed by atoms with Crippen molar-refractivity contribution >= 4 is 45.7 Å². The van der Waals surface area contributed by atoms with Crippen LogP contribution in [0.25, 0.3) is 11.2 Å². The molecule has 0 radical (unpaired) electrons. The first kappa shape index (κ1) is 22.1. The normalized spacial score (nSPS) is 27.5. The van der Waals surface area contributed by atoms with Crippen LogP contribution < -0.4 is 0 Å². The molecule has 31 heavy (non-hydrogen) atoms. The molecule has 4 rings (SSSR count).